The third-order valence-electron chi connectivity index (χ3n) is 12.9. The Morgan fingerprint density at radius 2 is 0.905 bits per heavy atom. The molecule has 0 aliphatic carbocycles. The fraction of sp³-hybridized carbons (Fsp3) is 0. The van der Waals surface area contributed by atoms with E-state index in [4.69, 9.17) is 19.4 Å². The standard InChI is InChI=1S/C57H33N5O/c1-2-17-37-31-50-45(30-36(37)16-1)53-40-20-6-4-15-35(40)28-29-49(53)61(50)38-32-46(54-44-23-9-12-27-51(44)63-52(54)33-38)56-58-55(43-24-13-18-34-14-3-5-19-39(34)43)59-57(60-56)62-47-25-10-7-21-41(47)42-22-8-11-26-48(42)62/h1-33H. The lowest BCUT2D eigenvalue weighted by molar-refractivity contribution is 0.668. The maximum absolute atomic E-state index is 6.82. The molecule has 6 nitrogen and oxygen atoms in total. The molecule has 0 unspecified atom stereocenters. The molecule has 63 heavy (non-hydrogen) atoms. The third-order valence-corrected chi connectivity index (χ3v) is 12.9. The highest BCUT2D eigenvalue weighted by molar-refractivity contribution is 6.23. The summed E-state index contributed by atoms with van der Waals surface area (Å²) in [5, 5.41) is 13.6. The van der Waals surface area contributed by atoms with Gasteiger partial charge in [0, 0.05) is 49.5 Å². The van der Waals surface area contributed by atoms with E-state index >= 15 is 0 Å². The maximum atomic E-state index is 6.82. The number of benzene rings is 10. The van der Waals surface area contributed by atoms with Crippen LogP contribution < -0.4 is 0 Å². The molecule has 0 spiro atoms. The van der Waals surface area contributed by atoms with Crippen molar-refractivity contribution in [3.63, 3.8) is 0 Å². The molecule has 6 heteroatoms. The first-order valence-corrected chi connectivity index (χ1v) is 21.3. The molecule has 4 aromatic heterocycles. The van der Waals surface area contributed by atoms with Gasteiger partial charge in [-0.2, -0.15) is 9.97 Å². The van der Waals surface area contributed by atoms with E-state index in [1.807, 2.05) is 12.1 Å². The van der Waals surface area contributed by atoms with Crippen LogP contribution in [0.5, 0.6) is 0 Å². The average Bonchev–Trinajstić information content (AvgIpc) is 4.00. The lowest BCUT2D eigenvalue weighted by Gasteiger charge is -2.14. The Hall–Kier alpha value is -8.61. The molecule has 14 rings (SSSR count). The van der Waals surface area contributed by atoms with Crippen LogP contribution in [0.2, 0.25) is 0 Å². The third kappa shape index (κ3) is 4.97. The summed E-state index contributed by atoms with van der Waals surface area (Å²) in [5.41, 5.74) is 8.57. The SMILES string of the molecule is c1ccc2cc3c(cc2c1)c1c2ccccc2ccc1n3-c1cc(-c2nc(-c3cccc4ccccc34)nc(-n3c4ccccc4c4ccccc43)n2)c2c(c1)oc1ccccc12. The second-order valence-electron chi connectivity index (χ2n) is 16.4. The van der Waals surface area contributed by atoms with Crippen LogP contribution in [0, 0.1) is 0 Å². The molecule has 0 saturated carbocycles. The van der Waals surface area contributed by atoms with Gasteiger partial charge in [-0.05, 0) is 74.8 Å². The highest BCUT2D eigenvalue weighted by atomic mass is 16.3. The van der Waals surface area contributed by atoms with E-state index < -0.39 is 0 Å². The molecular formula is C57H33N5O. The highest BCUT2D eigenvalue weighted by Gasteiger charge is 2.24. The van der Waals surface area contributed by atoms with Crippen molar-refractivity contribution in [2.24, 2.45) is 0 Å². The van der Waals surface area contributed by atoms with Crippen LogP contribution in [0.1, 0.15) is 0 Å². The molecule has 0 aliphatic heterocycles. The molecule has 14 aromatic rings. The first-order valence-electron chi connectivity index (χ1n) is 21.3. The van der Waals surface area contributed by atoms with Crippen molar-refractivity contribution in [2.45, 2.75) is 0 Å². The molecule has 0 radical (unpaired) electrons. The molecule has 0 amide bonds. The number of nitrogens with zero attached hydrogens (tertiary/aromatic N) is 5. The van der Waals surface area contributed by atoms with E-state index in [0.717, 1.165) is 82.4 Å². The average molecular weight is 804 g/mol. The number of para-hydroxylation sites is 3. The number of furan rings is 1. The lowest BCUT2D eigenvalue weighted by Crippen LogP contribution is -2.07. The van der Waals surface area contributed by atoms with Crippen LogP contribution in [0.25, 0.3) is 132 Å². The zero-order valence-electron chi connectivity index (χ0n) is 33.7. The lowest BCUT2D eigenvalue weighted by atomic mass is 10.0. The van der Waals surface area contributed by atoms with E-state index in [2.05, 4.69) is 197 Å². The van der Waals surface area contributed by atoms with Gasteiger partial charge in [0.2, 0.25) is 5.95 Å². The first-order chi connectivity index (χ1) is 31.2. The van der Waals surface area contributed by atoms with Crippen molar-refractivity contribution < 1.29 is 4.42 Å². The minimum atomic E-state index is 0.543. The van der Waals surface area contributed by atoms with Crippen LogP contribution in [-0.4, -0.2) is 24.1 Å². The van der Waals surface area contributed by atoms with E-state index in [9.17, 15) is 0 Å². The molecule has 0 bridgehead atoms. The zero-order valence-corrected chi connectivity index (χ0v) is 33.7. The molecule has 0 saturated heterocycles. The van der Waals surface area contributed by atoms with Gasteiger partial charge in [0.15, 0.2) is 11.6 Å². The molecule has 0 atom stereocenters. The Kier molecular flexibility index (Phi) is 7.02. The Bertz CT molecular complexity index is 4170. The van der Waals surface area contributed by atoms with Crippen molar-refractivity contribution in [1.29, 1.82) is 0 Å². The topological polar surface area (TPSA) is 61.7 Å². The van der Waals surface area contributed by atoms with Gasteiger partial charge in [-0.3, -0.25) is 4.57 Å². The summed E-state index contributed by atoms with van der Waals surface area (Å²) >= 11 is 0. The Balaban J connectivity index is 1.13. The molecular weight excluding hydrogens is 771 g/mol. The van der Waals surface area contributed by atoms with Crippen molar-refractivity contribution in [1.82, 2.24) is 24.1 Å². The van der Waals surface area contributed by atoms with Gasteiger partial charge in [-0.1, -0.05) is 152 Å². The van der Waals surface area contributed by atoms with Gasteiger partial charge in [0.25, 0.3) is 0 Å². The summed E-state index contributed by atoms with van der Waals surface area (Å²) in [6.45, 7) is 0. The van der Waals surface area contributed by atoms with Gasteiger partial charge in [0.1, 0.15) is 11.2 Å². The summed E-state index contributed by atoms with van der Waals surface area (Å²) in [7, 11) is 0. The van der Waals surface area contributed by atoms with Gasteiger partial charge in [0.05, 0.1) is 27.8 Å². The molecule has 4 heterocycles. The molecule has 292 valence electrons. The monoisotopic (exact) mass is 803 g/mol. The highest BCUT2D eigenvalue weighted by Crippen LogP contribution is 2.43. The summed E-state index contributed by atoms with van der Waals surface area (Å²) < 4.78 is 11.4. The van der Waals surface area contributed by atoms with Crippen LogP contribution in [-0.2, 0) is 0 Å². The predicted molar refractivity (Wildman–Crippen MR) is 259 cm³/mol. The molecule has 10 aromatic carbocycles. The first kappa shape index (κ1) is 34.1. The van der Waals surface area contributed by atoms with E-state index in [1.165, 1.54) is 32.3 Å². The van der Waals surface area contributed by atoms with Gasteiger partial charge in [-0.15, -0.1) is 0 Å². The quantitative estimate of drug-likeness (QED) is 0.178. The van der Waals surface area contributed by atoms with Crippen LogP contribution in [0.15, 0.2) is 205 Å². The van der Waals surface area contributed by atoms with Crippen molar-refractivity contribution >= 4 is 97.9 Å². The van der Waals surface area contributed by atoms with Crippen LogP contribution >= 0.6 is 0 Å². The van der Waals surface area contributed by atoms with Gasteiger partial charge < -0.3 is 8.98 Å². The second-order valence-corrected chi connectivity index (χ2v) is 16.4. The van der Waals surface area contributed by atoms with E-state index in [-0.39, 0.29) is 0 Å². The Labute approximate surface area is 359 Å². The largest absolute Gasteiger partial charge is 0.456 e. The summed E-state index contributed by atoms with van der Waals surface area (Å²) in [6, 6.07) is 70.9. The van der Waals surface area contributed by atoms with Crippen molar-refractivity contribution in [3.05, 3.63) is 200 Å². The summed E-state index contributed by atoms with van der Waals surface area (Å²) in [4.78, 5) is 16.4. The predicted octanol–water partition coefficient (Wildman–Crippen LogP) is 14.8. The molecule has 0 aliphatic rings. The van der Waals surface area contributed by atoms with Crippen molar-refractivity contribution in [2.75, 3.05) is 0 Å². The van der Waals surface area contributed by atoms with Gasteiger partial charge >= 0.3 is 0 Å². The zero-order chi connectivity index (χ0) is 41.2. The Morgan fingerprint density at radius 1 is 0.317 bits per heavy atom. The fourth-order valence-electron chi connectivity index (χ4n) is 10.2. The smallest absolute Gasteiger partial charge is 0.238 e. The van der Waals surface area contributed by atoms with Crippen LogP contribution in [0.3, 0.4) is 0 Å². The summed E-state index contributed by atoms with van der Waals surface area (Å²) in [6.07, 6.45) is 0. The number of hydrogen-bond acceptors (Lipinski definition) is 4. The molecule has 0 N–H and O–H groups in total. The van der Waals surface area contributed by atoms with Gasteiger partial charge in [-0.25, -0.2) is 4.98 Å². The van der Waals surface area contributed by atoms with E-state index in [0.29, 0.717) is 17.6 Å². The maximum Gasteiger partial charge on any atom is 0.238 e. The normalized spacial score (nSPS) is 12.1. The summed E-state index contributed by atoms with van der Waals surface area (Å²) in [5.74, 6) is 1.69. The minimum Gasteiger partial charge on any atom is -0.456 e. The minimum absolute atomic E-state index is 0.543. The molecule has 0 fully saturated rings. The second kappa shape index (κ2) is 12.9. The number of rotatable bonds is 4. The number of hydrogen-bond donors (Lipinski definition) is 0. The fourth-order valence-corrected chi connectivity index (χ4v) is 10.2. The van der Waals surface area contributed by atoms with Crippen molar-refractivity contribution in [3.8, 4) is 34.4 Å². The van der Waals surface area contributed by atoms with E-state index in [1.54, 1.807) is 0 Å². The number of fused-ring (bicyclic) bond motifs is 13. The number of aromatic nitrogens is 5. The Morgan fingerprint density at radius 3 is 1.67 bits per heavy atom. The van der Waals surface area contributed by atoms with Crippen LogP contribution in [0.4, 0.5) is 0 Å².